The summed E-state index contributed by atoms with van der Waals surface area (Å²) in [6.45, 7) is 0. The summed E-state index contributed by atoms with van der Waals surface area (Å²) in [5.74, 6) is 2.48. The highest BCUT2D eigenvalue weighted by atomic mass is 35.5. The summed E-state index contributed by atoms with van der Waals surface area (Å²) in [6.07, 6.45) is 6.30. The van der Waals surface area contributed by atoms with Crippen LogP contribution in [0.5, 0.6) is 0 Å². The SMILES string of the molecule is C#CCCc1ccc(Cl)c([N+](=O)[O-])c1. The van der Waals surface area contributed by atoms with E-state index in [1.807, 2.05) is 0 Å². The third kappa shape index (κ3) is 2.48. The Labute approximate surface area is 86.8 Å². The normalized spacial score (nSPS) is 9.43. The highest BCUT2D eigenvalue weighted by Crippen LogP contribution is 2.25. The molecule has 72 valence electrons. The first-order valence-corrected chi connectivity index (χ1v) is 4.39. The van der Waals surface area contributed by atoms with E-state index in [2.05, 4.69) is 5.92 Å². The van der Waals surface area contributed by atoms with E-state index in [0.717, 1.165) is 5.56 Å². The Balaban J connectivity index is 2.96. The summed E-state index contributed by atoms with van der Waals surface area (Å²) in [5.41, 5.74) is 0.764. The van der Waals surface area contributed by atoms with Crippen LogP contribution in [0.2, 0.25) is 5.02 Å². The number of hydrogen-bond acceptors (Lipinski definition) is 2. The van der Waals surface area contributed by atoms with Crippen LogP contribution in [0.3, 0.4) is 0 Å². The van der Waals surface area contributed by atoms with Crippen molar-refractivity contribution in [3.05, 3.63) is 38.9 Å². The van der Waals surface area contributed by atoms with Crippen LogP contribution in [-0.2, 0) is 6.42 Å². The van der Waals surface area contributed by atoms with Gasteiger partial charge in [-0.1, -0.05) is 17.7 Å². The van der Waals surface area contributed by atoms with E-state index in [9.17, 15) is 10.1 Å². The van der Waals surface area contributed by atoms with Gasteiger partial charge in [0.25, 0.3) is 5.69 Å². The first-order valence-electron chi connectivity index (χ1n) is 4.01. The predicted molar refractivity (Wildman–Crippen MR) is 55.3 cm³/mol. The Morgan fingerprint density at radius 1 is 1.57 bits per heavy atom. The number of rotatable bonds is 3. The van der Waals surface area contributed by atoms with Gasteiger partial charge in [-0.25, -0.2) is 0 Å². The van der Waals surface area contributed by atoms with Crippen LogP contribution in [-0.4, -0.2) is 4.92 Å². The second kappa shape index (κ2) is 4.64. The van der Waals surface area contributed by atoms with E-state index in [-0.39, 0.29) is 10.7 Å². The van der Waals surface area contributed by atoms with Gasteiger partial charge in [-0.15, -0.1) is 12.3 Å². The minimum Gasteiger partial charge on any atom is -0.258 e. The number of hydrogen-bond donors (Lipinski definition) is 0. The Morgan fingerprint density at radius 3 is 2.86 bits per heavy atom. The standard InChI is InChI=1S/C10H8ClNO2/c1-2-3-4-8-5-6-9(11)10(7-8)12(13)14/h1,5-7H,3-4H2. The second-order valence-electron chi connectivity index (χ2n) is 2.75. The summed E-state index contributed by atoms with van der Waals surface area (Å²) < 4.78 is 0. The van der Waals surface area contributed by atoms with Gasteiger partial charge in [0.15, 0.2) is 0 Å². The molecule has 0 aliphatic heterocycles. The molecule has 0 aliphatic rings. The molecule has 3 nitrogen and oxygen atoms in total. The van der Waals surface area contributed by atoms with Gasteiger partial charge in [-0.3, -0.25) is 10.1 Å². The van der Waals surface area contributed by atoms with Crippen LogP contribution < -0.4 is 0 Å². The molecule has 0 amide bonds. The van der Waals surface area contributed by atoms with Crippen molar-refractivity contribution < 1.29 is 4.92 Å². The lowest BCUT2D eigenvalue weighted by Crippen LogP contribution is -1.91. The lowest BCUT2D eigenvalue weighted by Gasteiger charge is -1.99. The van der Waals surface area contributed by atoms with Crippen LogP contribution >= 0.6 is 11.6 Å². The maximum Gasteiger partial charge on any atom is 0.288 e. The van der Waals surface area contributed by atoms with Crippen LogP contribution in [0, 0.1) is 22.5 Å². The molecule has 1 aromatic carbocycles. The Kier molecular flexibility index (Phi) is 3.49. The van der Waals surface area contributed by atoms with Crippen LogP contribution in [0.15, 0.2) is 18.2 Å². The van der Waals surface area contributed by atoms with Crippen molar-refractivity contribution in [2.24, 2.45) is 0 Å². The molecule has 0 bridgehead atoms. The molecule has 14 heavy (non-hydrogen) atoms. The minimum absolute atomic E-state index is 0.0683. The average molecular weight is 210 g/mol. The van der Waals surface area contributed by atoms with Gasteiger partial charge in [0, 0.05) is 12.5 Å². The molecule has 1 aromatic rings. The molecule has 0 heterocycles. The van der Waals surface area contributed by atoms with Gasteiger partial charge in [-0.2, -0.15) is 0 Å². The Bertz CT molecular complexity index is 396. The summed E-state index contributed by atoms with van der Waals surface area (Å²) in [7, 11) is 0. The minimum atomic E-state index is -0.498. The Hall–Kier alpha value is -1.53. The van der Waals surface area contributed by atoms with E-state index in [0.29, 0.717) is 12.8 Å². The molecule has 0 aliphatic carbocycles. The lowest BCUT2D eigenvalue weighted by atomic mass is 10.1. The maximum absolute atomic E-state index is 10.5. The number of nitro benzene ring substituents is 1. The first kappa shape index (κ1) is 10.6. The van der Waals surface area contributed by atoms with Crippen molar-refractivity contribution in [2.45, 2.75) is 12.8 Å². The van der Waals surface area contributed by atoms with Crippen LogP contribution in [0.4, 0.5) is 5.69 Å². The van der Waals surface area contributed by atoms with Gasteiger partial charge in [0.1, 0.15) is 5.02 Å². The van der Waals surface area contributed by atoms with Gasteiger partial charge >= 0.3 is 0 Å². The molecule has 0 fully saturated rings. The summed E-state index contributed by atoms with van der Waals surface area (Å²) in [6, 6.07) is 4.72. The molecule has 0 aromatic heterocycles. The zero-order valence-corrected chi connectivity index (χ0v) is 8.12. The molecule has 0 unspecified atom stereocenters. The molecule has 0 saturated carbocycles. The fourth-order valence-corrected chi connectivity index (χ4v) is 1.26. The number of benzene rings is 1. The second-order valence-corrected chi connectivity index (χ2v) is 3.15. The largest absolute Gasteiger partial charge is 0.288 e. The molecule has 0 spiro atoms. The van der Waals surface area contributed by atoms with Crippen molar-refractivity contribution >= 4 is 17.3 Å². The van der Waals surface area contributed by atoms with E-state index in [1.165, 1.54) is 12.1 Å². The molecule has 0 saturated heterocycles. The summed E-state index contributed by atoms with van der Waals surface area (Å²) in [5, 5.41) is 10.7. The third-order valence-corrected chi connectivity index (χ3v) is 2.08. The smallest absolute Gasteiger partial charge is 0.258 e. The van der Waals surface area contributed by atoms with Crippen molar-refractivity contribution in [2.75, 3.05) is 0 Å². The van der Waals surface area contributed by atoms with E-state index < -0.39 is 4.92 Å². The highest BCUT2D eigenvalue weighted by Gasteiger charge is 2.11. The molecular formula is C10H8ClNO2. The third-order valence-electron chi connectivity index (χ3n) is 1.77. The number of nitrogens with zero attached hydrogens (tertiary/aromatic N) is 1. The van der Waals surface area contributed by atoms with Gasteiger partial charge < -0.3 is 0 Å². The van der Waals surface area contributed by atoms with Crippen molar-refractivity contribution in [3.8, 4) is 12.3 Å². The summed E-state index contributed by atoms with van der Waals surface area (Å²) in [4.78, 5) is 10.0. The van der Waals surface area contributed by atoms with Crippen molar-refractivity contribution in [1.82, 2.24) is 0 Å². The summed E-state index contributed by atoms with van der Waals surface area (Å²) >= 11 is 5.64. The Morgan fingerprint density at radius 2 is 2.29 bits per heavy atom. The van der Waals surface area contributed by atoms with Gasteiger partial charge in [0.05, 0.1) is 4.92 Å². The number of halogens is 1. The van der Waals surface area contributed by atoms with Crippen LogP contribution in [0.25, 0.3) is 0 Å². The number of nitro groups is 1. The fourth-order valence-electron chi connectivity index (χ4n) is 1.07. The van der Waals surface area contributed by atoms with E-state index >= 15 is 0 Å². The predicted octanol–water partition coefficient (Wildman–Crippen LogP) is 2.81. The van der Waals surface area contributed by atoms with Gasteiger partial charge in [-0.05, 0) is 18.1 Å². The molecule has 0 N–H and O–H groups in total. The fraction of sp³-hybridized carbons (Fsp3) is 0.200. The topological polar surface area (TPSA) is 43.1 Å². The molecular weight excluding hydrogens is 202 g/mol. The van der Waals surface area contributed by atoms with Gasteiger partial charge in [0.2, 0.25) is 0 Å². The van der Waals surface area contributed by atoms with Crippen molar-refractivity contribution in [3.63, 3.8) is 0 Å². The molecule has 0 atom stereocenters. The monoisotopic (exact) mass is 209 g/mol. The lowest BCUT2D eigenvalue weighted by molar-refractivity contribution is -0.384. The zero-order chi connectivity index (χ0) is 10.6. The molecule has 1 rings (SSSR count). The highest BCUT2D eigenvalue weighted by molar-refractivity contribution is 6.32. The van der Waals surface area contributed by atoms with E-state index in [4.69, 9.17) is 18.0 Å². The zero-order valence-electron chi connectivity index (χ0n) is 7.37. The van der Waals surface area contributed by atoms with Crippen molar-refractivity contribution in [1.29, 1.82) is 0 Å². The quantitative estimate of drug-likeness (QED) is 0.437. The number of terminal acetylenes is 1. The molecule has 0 radical (unpaired) electrons. The first-order chi connectivity index (χ1) is 6.65. The average Bonchev–Trinajstić information content (AvgIpc) is 2.16. The van der Waals surface area contributed by atoms with E-state index in [1.54, 1.807) is 6.07 Å². The van der Waals surface area contributed by atoms with Crippen LogP contribution in [0.1, 0.15) is 12.0 Å². The molecule has 4 heteroatoms. The number of aryl methyl sites for hydroxylation is 1. The maximum atomic E-state index is 10.5.